The Morgan fingerprint density at radius 1 is 1.10 bits per heavy atom. The lowest BCUT2D eigenvalue weighted by Gasteiger charge is -2.11. The minimum absolute atomic E-state index is 0.0559. The van der Waals surface area contributed by atoms with Gasteiger partial charge in [0.15, 0.2) is 11.0 Å². The summed E-state index contributed by atoms with van der Waals surface area (Å²) < 4.78 is 7.89. The first-order valence-electron chi connectivity index (χ1n) is 10.7. The fraction of sp³-hybridized carbons (Fsp3) is 0.375. The molecule has 0 radical (unpaired) electrons. The molecule has 1 aromatic heterocycles. The van der Waals surface area contributed by atoms with E-state index in [0.29, 0.717) is 19.1 Å². The highest BCUT2D eigenvalue weighted by Crippen LogP contribution is 2.22. The van der Waals surface area contributed by atoms with E-state index in [1.807, 2.05) is 47.9 Å². The zero-order valence-electron chi connectivity index (χ0n) is 18.6. The van der Waals surface area contributed by atoms with Gasteiger partial charge in [0.1, 0.15) is 12.4 Å². The molecular formula is C24H30N4O2S. The number of carbonyl (C=O) groups excluding carboxylic acids is 1. The first-order chi connectivity index (χ1) is 15.0. The van der Waals surface area contributed by atoms with Crippen molar-refractivity contribution in [2.24, 2.45) is 0 Å². The van der Waals surface area contributed by atoms with Crippen molar-refractivity contribution in [3.05, 3.63) is 65.5 Å². The van der Waals surface area contributed by atoms with E-state index < -0.39 is 0 Å². The second kappa shape index (κ2) is 11.0. The van der Waals surface area contributed by atoms with Crippen molar-refractivity contribution in [3.8, 4) is 5.75 Å². The van der Waals surface area contributed by atoms with Crippen LogP contribution in [-0.2, 0) is 24.4 Å². The third-order valence-electron chi connectivity index (χ3n) is 5.03. The quantitative estimate of drug-likeness (QED) is 0.435. The monoisotopic (exact) mass is 438 g/mol. The molecule has 1 N–H and O–H groups in total. The van der Waals surface area contributed by atoms with E-state index in [4.69, 9.17) is 4.74 Å². The van der Waals surface area contributed by atoms with Crippen molar-refractivity contribution in [3.63, 3.8) is 0 Å². The highest BCUT2D eigenvalue weighted by Gasteiger charge is 2.14. The molecule has 2 aromatic carbocycles. The van der Waals surface area contributed by atoms with Gasteiger partial charge in [0.25, 0.3) is 0 Å². The van der Waals surface area contributed by atoms with Crippen LogP contribution >= 0.6 is 11.8 Å². The number of rotatable bonds is 10. The Morgan fingerprint density at radius 3 is 2.52 bits per heavy atom. The van der Waals surface area contributed by atoms with Gasteiger partial charge >= 0.3 is 0 Å². The molecule has 3 rings (SSSR count). The Hall–Kier alpha value is -2.80. The summed E-state index contributed by atoms with van der Waals surface area (Å²) in [6.45, 7) is 9.49. The molecule has 0 aliphatic carbocycles. The number of nitrogens with one attached hydrogen (secondary N) is 1. The van der Waals surface area contributed by atoms with Gasteiger partial charge in [-0.2, -0.15) is 0 Å². The summed E-state index contributed by atoms with van der Waals surface area (Å²) in [6.07, 6.45) is 0.872. The predicted octanol–water partition coefficient (Wildman–Crippen LogP) is 5.29. The number of thioether (sulfide) groups is 1. The van der Waals surface area contributed by atoms with E-state index in [-0.39, 0.29) is 11.7 Å². The van der Waals surface area contributed by atoms with Gasteiger partial charge in [0.05, 0.1) is 5.75 Å². The van der Waals surface area contributed by atoms with Crippen LogP contribution in [-0.4, -0.2) is 26.4 Å². The largest absolute Gasteiger partial charge is 0.486 e. The van der Waals surface area contributed by atoms with E-state index in [2.05, 4.69) is 48.4 Å². The molecule has 0 bridgehead atoms. The number of aromatic nitrogens is 3. The summed E-state index contributed by atoms with van der Waals surface area (Å²) in [5, 5.41) is 12.2. The van der Waals surface area contributed by atoms with E-state index in [9.17, 15) is 4.79 Å². The number of amides is 1. The summed E-state index contributed by atoms with van der Waals surface area (Å²) in [4.78, 5) is 12.4. The minimum Gasteiger partial charge on any atom is -0.486 e. The van der Waals surface area contributed by atoms with Crippen molar-refractivity contribution in [1.82, 2.24) is 14.8 Å². The average Bonchev–Trinajstić information content (AvgIpc) is 3.18. The Kier molecular flexibility index (Phi) is 8.12. The first kappa shape index (κ1) is 22.9. The molecule has 0 atom stereocenters. The van der Waals surface area contributed by atoms with E-state index in [0.717, 1.165) is 34.4 Å². The molecule has 164 valence electrons. The number of aryl methyl sites for hydroxylation is 1. The second-order valence-corrected chi connectivity index (χ2v) is 8.45. The summed E-state index contributed by atoms with van der Waals surface area (Å²) in [7, 11) is 0. The van der Waals surface area contributed by atoms with Gasteiger partial charge in [0.2, 0.25) is 5.91 Å². The van der Waals surface area contributed by atoms with Crippen LogP contribution in [0.5, 0.6) is 5.75 Å². The van der Waals surface area contributed by atoms with Gasteiger partial charge in [-0.3, -0.25) is 4.79 Å². The smallest absolute Gasteiger partial charge is 0.234 e. The topological polar surface area (TPSA) is 69.0 Å². The lowest BCUT2D eigenvalue weighted by Crippen LogP contribution is -2.16. The zero-order valence-corrected chi connectivity index (χ0v) is 19.4. The minimum atomic E-state index is -0.0559. The molecule has 0 saturated carbocycles. The number of hydrogen-bond acceptors (Lipinski definition) is 5. The van der Waals surface area contributed by atoms with Crippen molar-refractivity contribution < 1.29 is 9.53 Å². The number of ether oxygens (including phenoxy) is 1. The zero-order chi connectivity index (χ0) is 22.2. The molecule has 3 aromatic rings. The van der Waals surface area contributed by atoms with Crippen LogP contribution in [0.1, 0.15) is 50.6 Å². The van der Waals surface area contributed by atoms with Crippen LogP contribution in [0.15, 0.2) is 53.7 Å². The summed E-state index contributed by atoms with van der Waals surface area (Å²) in [5.74, 6) is 2.25. The molecule has 7 heteroatoms. The van der Waals surface area contributed by atoms with Gasteiger partial charge in [-0.25, -0.2) is 0 Å². The van der Waals surface area contributed by atoms with Crippen molar-refractivity contribution in [2.45, 2.75) is 58.3 Å². The Bertz CT molecular complexity index is 999. The van der Waals surface area contributed by atoms with Gasteiger partial charge < -0.3 is 14.6 Å². The highest BCUT2D eigenvalue weighted by atomic mass is 32.2. The van der Waals surface area contributed by atoms with E-state index in [1.54, 1.807) is 0 Å². The molecule has 0 saturated heterocycles. The third-order valence-corrected chi connectivity index (χ3v) is 6.00. The van der Waals surface area contributed by atoms with Gasteiger partial charge in [-0.1, -0.05) is 62.9 Å². The molecule has 0 spiro atoms. The first-order valence-corrected chi connectivity index (χ1v) is 11.7. The summed E-state index contributed by atoms with van der Waals surface area (Å²) >= 11 is 1.38. The van der Waals surface area contributed by atoms with Crippen molar-refractivity contribution in [2.75, 3.05) is 11.1 Å². The maximum atomic E-state index is 12.4. The van der Waals surface area contributed by atoms with Crippen LogP contribution in [0.4, 0.5) is 5.69 Å². The standard InChI is InChI=1S/C24H30N4O2S/c1-5-18-9-7-8-10-21(18)25-23(29)16-31-24-27-26-22(28(24)6-2)15-30-20-13-11-19(12-14-20)17(3)4/h7-14,17H,5-6,15-16H2,1-4H3,(H,25,29). The average molecular weight is 439 g/mol. The molecule has 1 amide bonds. The van der Waals surface area contributed by atoms with E-state index in [1.165, 1.54) is 17.3 Å². The number of anilines is 1. The number of benzene rings is 2. The number of para-hydroxylation sites is 1. The van der Waals surface area contributed by atoms with Gasteiger partial charge in [-0.15, -0.1) is 10.2 Å². The summed E-state index contributed by atoms with van der Waals surface area (Å²) in [6, 6.07) is 16.0. The molecule has 6 nitrogen and oxygen atoms in total. The van der Waals surface area contributed by atoms with Crippen molar-refractivity contribution in [1.29, 1.82) is 0 Å². The predicted molar refractivity (Wildman–Crippen MR) is 126 cm³/mol. The lowest BCUT2D eigenvalue weighted by atomic mass is 10.0. The Morgan fingerprint density at radius 2 is 1.84 bits per heavy atom. The normalized spacial score (nSPS) is 11.0. The Labute approximate surface area is 188 Å². The van der Waals surface area contributed by atoms with Crippen LogP contribution in [0, 0.1) is 0 Å². The summed E-state index contributed by atoms with van der Waals surface area (Å²) in [5.41, 5.74) is 3.27. The van der Waals surface area contributed by atoms with Crippen molar-refractivity contribution >= 4 is 23.4 Å². The second-order valence-electron chi connectivity index (χ2n) is 7.50. The molecule has 31 heavy (non-hydrogen) atoms. The van der Waals surface area contributed by atoms with Gasteiger partial charge in [0, 0.05) is 12.2 Å². The third kappa shape index (κ3) is 6.10. The fourth-order valence-electron chi connectivity index (χ4n) is 3.21. The van der Waals surface area contributed by atoms with E-state index >= 15 is 0 Å². The Balaban J connectivity index is 1.57. The van der Waals surface area contributed by atoms with Crippen LogP contribution < -0.4 is 10.1 Å². The molecule has 0 fully saturated rings. The maximum absolute atomic E-state index is 12.4. The fourth-order valence-corrected chi connectivity index (χ4v) is 4.04. The number of carbonyl (C=O) groups is 1. The SMILES string of the molecule is CCc1ccccc1NC(=O)CSc1nnc(COc2ccc(C(C)C)cc2)n1CC. The maximum Gasteiger partial charge on any atom is 0.234 e. The molecule has 0 aliphatic rings. The molecule has 0 unspecified atom stereocenters. The molecule has 0 aliphatic heterocycles. The van der Waals surface area contributed by atoms with Gasteiger partial charge in [-0.05, 0) is 48.6 Å². The highest BCUT2D eigenvalue weighted by molar-refractivity contribution is 7.99. The van der Waals surface area contributed by atoms with Crippen LogP contribution in [0.25, 0.3) is 0 Å². The molecule has 1 heterocycles. The van der Waals surface area contributed by atoms with Crippen LogP contribution in [0.2, 0.25) is 0 Å². The number of nitrogens with zero attached hydrogens (tertiary/aromatic N) is 3. The van der Waals surface area contributed by atoms with Crippen LogP contribution in [0.3, 0.4) is 0 Å². The number of hydrogen-bond donors (Lipinski definition) is 1. The lowest BCUT2D eigenvalue weighted by molar-refractivity contribution is -0.113. The molecular weight excluding hydrogens is 408 g/mol.